The van der Waals surface area contributed by atoms with Gasteiger partial charge in [-0.15, -0.1) is 0 Å². The summed E-state index contributed by atoms with van der Waals surface area (Å²) in [6, 6.07) is -1.16. The molecule has 0 aliphatic rings. The quantitative estimate of drug-likeness (QED) is 0.397. The topological polar surface area (TPSA) is 106 Å². The first-order valence-electron chi connectivity index (χ1n) is 2.30. The Morgan fingerprint density at radius 2 is 1.90 bits per heavy atom. The van der Waals surface area contributed by atoms with E-state index in [0.29, 0.717) is 0 Å². The van der Waals surface area contributed by atoms with E-state index in [2.05, 4.69) is 5.73 Å². The Morgan fingerprint density at radius 3 is 2.00 bits per heavy atom. The Balaban J connectivity index is 0. The molecule has 0 saturated carbocycles. The second kappa shape index (κ2) is 5.67. The van der Waals surface area contributed by atoms with Gasteiger partial charge in [0.1, 0.15) is 6.04 Å². The van der Waals surface area contributed by atoms with Crippen molar-refractivity contribution < 1.29 is 14.7 Å². The first-order valence-corrected chi connectivity index (χ1v) is 2.30. The van der Waals surface area contributed by atoms with Gasteiger partial charge < -0.3 is 16.6 Å². The summed E-state index contributed by atoms with van der Waals surface area (Å²) in [5.41, 5.74) is 9.57. The number of carboxylic acids is 1. The molecule has 0 aromatic rings. The maximum absolute atomic E-state index is 9.99. The molecule has 1 unspecified atom stereocenters. The molecule has 0 spiro atoms. The molecule has 0 aliphatic carbocycles. The van der Waals surface area contributed by atoms with Crippen LogP contribution in [0.3, 0.4) is 0 Å². The zero-order chi connectivity index (χ0) is 7.44. The molecule has 0 aliphatic heterocycles. The number of hydrogen-bond acceptors (Lipinski definition) is 3. The number of carbonyl (C=O) groups excluding carboxylic acids is 1. The van der Waals surface area contributed by atoms with E-state index in [1.54, 1.807) is 0 Å². The van der Waals surface area contributed by atoms with Gasteiger partial charge in [0.25, 0.3) is 0 Å². The van der Waals surface area contributed by atoms with Crippen molar-refractivity contribution in [1.29, 1.82) is 0 Å². The van der Waals surface area contributed by atoms with Crippen LogP contribution in [0.5, 0.6) is 0 Å². The van der Waals surface area contributed by atoms with Crippen LogP contribution in [0.2, 0.25) is 0 Å². The molecule has 0 bridgehead atoms. The summed E-state index contributed by atoms with van der Waals surface area (Å²) in [4.78, 5) is 19.9. The molecule has 0 heterocycles. The minimum absolute atomic E-state index is 0. The summed E-state index contributed by atoms with van der Waals surface area (Å²) >= 11 is 0. The van der Waals surface area contributed by atoms with Gasteiger partial charge in [-0.3, -0.25) is 9.59 Å². The zero-order valence-corrected chi connectivity index (χ0v) is 4.70. The van der Waals surface area contributed by atoms with Crippen molar-refractivity contribution in [2.24, 2.45) is 11.5 Å². The van der Waals surface area contributed by atoms with E-state index in [-0.39, 0.29) is 36.0 Å². The van der Waals surface area contributed by atoms with Crippen LogP contribution in [0.15, 0.2) is 0 Å². The third-order valence-electron chi connectivity index (χ3n) is 0.738. The second-order valence-corrected chi connectivity index (χ2v) is 1.62. The van der Waals surface area contributed by atoms with Crippen LogP contribution in [-0.4, -0.2) is 52.6 Å². The van der Waals surface area contributed by atoms with E-state index in [4.69, 9.17) is 10.8 Å². The Labute approximate surface area is 80.0 Å². The number of carbonyl (C=O) groups is 2. The average Bonchev–Trinajstić information content (AvgIpc) is 1.63. The van der Waals surface area contributed by atoms with Gasteiger partial charge in [-0.25, -0.2) is 0 Å². The van der Waals surface area contributed by atoms with Gasteiger partial charge in [0.2, 0.25) is 5.91 Å². The van der Waals surface area contributed by atoms with E-state index in [1.807, 2.05) is 0 Å². The van der Waals surface area contributed by atoms with Crippen molar-refractivity contribution in [2.75, 3.05) is 0 Å². The number of amides is 1. The summed E-state index contributed by atoms with van der Waals surface area (Å²) in [6.07, 6.45) is -0.310. The fraction of sp³-hybridized carbons (Fsp3) is 0.500. The normalized spacial score (nSPS) is 11.3. The van der Waals surface area contributed by atoms with E-state index >= 15 is 0 Å². The van der Waals surface area contributed by atoms with Gasteiger partial charge >= 0.3 is 35.5 Å². The van der Waals surface area contributed by atoms with E-state index < -0.39 is 17.9 Å². The van der Waals surface area contributed by atoms with Crippen LogP contribution < -0.4 is 11.5 Å². The number of nitrogens with two attached hydrogens (primary N) is 2. The molecular formula is C4H9N2NaO3. The number of rotatable bonds is 3. The summed E-state index contributed by atoms with van der Waals surface area (Å²) in [6.45, 7) is 0. The monoisotopic (exact) mass is 156 g/mol. The van der Waals surface area contributed by atoms with E-state index in [0.717, 1.165) is 0 Å². The maximum atomic E-state index is 9.99. The van der Waals surface area contributed by atoms with Crippen LogP contribution in [-0.2, 0) is 9.59 Å². The Kier molecular flexibility index (Phi) is 7.12. The Hall–Kier alpha value is -0.100. The molecule has 0 fully saturated rings. The summed E-state index contributed by atoms with van der Waals surface area (Å²) < 4.78 is 0. The van der Waals surface area contributed by atoms with Crippen LogP contribution >= 0.6 is 0 Å². The van der Waals surface area contributed by atoms with E-state index in [9.17, 15) is 9.59 Å². The molecule has 1 amide bonds. The SMILES string of the molecule is NC(=O)CC(N)C(=O)O.[NaH]. The summed E-state index contributed by atoms with van der Waals surface area (Å²) in [5.74, 6) is -1.92. The zero-order valence-electron chi connectivity index (χ0n) is 4.70. The van der Waals surface area contributed by atoms with Crippen LogP contribution in [0.1, 0.15) is 6.42 Å². The average molecular weight is 156 g/mol. The number of carboxylic acid groups (broad SMARTS) is 1. The fourth-order valence-corrected chi connectivity index (χ4v) is 0.304. The van der Waals surface area contributed by atoms with Crippen LogP contribution in [0.25, 0.3) is 0 Å². The van der Waals surface area contributed by atoms with Crippen molar-refractivity contribution in [3.05, 3.63) is 0 Å². The van der Waals surface area contributed by atoms with Crippen molar-refractivity contribution in [1.82, 2.24) is 0 Å². The molecule has 0 saturated heterocycles. The van der Waals surface area contributed by atoms with Crippen molar-refractivity contribution in [3.63, 3.8) is 0 Å². The van der Waals surface area contributed by atoms with Gasteiger partial charge in [-0.1, -0.05) is 0 Å². The van der Waals surface area contributed by atoms with Gasteiger partial charge in [0, 0.05) is 0 Å². The molecule has 10 heavy (non-hydrogen) atoms. The molecule has 0 aromatic heterocycles. The Morgan fingerprint density at radius 1 is 1.50 bits per heavy atom. The predicted octanol–water partition coefficient (Wildman–Crippen LogP) is -2.37. The second-order valence-electron chi connectivity index (χ2n) is 1.62. The molecule has 0 rings (SSSR count). The number of aliphatic carboxylic acids is 1. The molecule has 5 nitrogen and oxygen atoms in total. The van der Waals surface area contributed by atoms with Crippen molar-refractivity contribution in [3.8, 4) is 0 Å². The van der Waals surface area contributed by atoms with Gasteiger partial charge in [0.15, 0.2) is 0 Å². The Bertz CT molecular complexity index is 138. The first-order chi connectivity index (χ1) is 4.04. The first kappa shape index (κ1) is 12.6. The van der Waals surface area contributed by atoms with Crippen molar-refractivity contribution >= 4 is 41.4 Å². The molecule has 54 valence electrons. The molecule has 1 atom stereocenters. The summed E-state index contributed by atoms with van der Waals surface area (Å²) in [7, 11) is 0. The third kappa shape index (κ3) is 6.03. The van der Waals surface area contributed by atoms with Crippen LogP contribution in [0, 0.1) is 0 Å². The van der Waals surface area contributed by atoms with Gasteiger partial charge in [0.05, 0.1) is 6.42 Å². The predicted molar refractivity (Wildman–Crippen MR) is 36.6 cm³/mol. The minimum atomic E-state index is -1.21. The summed E-state index contributed by atoms with van der Waals surface area (Å²) in [5, 5.41) is 8.10. The van der Waals surface area contributed by atoms with Crippen molar-refractivity contribution in [2.45, 2.75) is 12.5 Å². The number of hydrogen-bond donors (Lipinski definition) is 3. The molecule has 0 radical (unpaired) electrons. The molecule has 6 heteroatoms. The fourth-order valence-electron chi connectivity index (χ4n) is 0.304. The van der Waals surface area contributed by atoms with E-state index in [1.165, 1.54) is 0 Å². The van der Waals surface area contributed by atoms with Gasteiger partial charge in [-0.2, -0.15) is 0 Å². The standard InChI is InChI=1S/C4H8N2O3.Na.H/c5-2(4(8)9)1-3(6)7;;/h2H,1,5H2,(H2,6,7)(H,8,9);;. The molecular weight excluding hydrogens is 147 g/mol. The molecule has 5 N–H and O–H groups in total. The van der Waals surface area contributed by atoms with Gasteiger partial charge in [-0.05, 0) is 0 Å². The third-order valence-corrected chi connectivity index (χ3v) is 0.738. The number of primary amides is 1. The molecule has 0 aromatic carbocycles. The van der Waals surface area contributed by atoms with Crippen LogP contribution in [0.4, 0.5) is 0 Å².